The summed E-state index contributed by atoms with van der Waals surface area (Å²) >= 11 is 1.70. The Kier molecular flexibility index (Phi) is 4.63. The summed E-state index contributed by atoms with van der Waals surface area (Å²) in [5.41, 5.74) is 1.07. The molecule has 1 N–H and O–H groups in total. The van der Waals surface area contributed by atoms with Crippen molar-refractivity contribution in [3.8, 4) is 5.75 Å². The Hall–Kier alpha value is -2.01. The van der Waals surface area contributed by atoms with Crippen LogP contribution in [0.15, 0.2) is 41.8 Å². The number of hydrogen-bond donors (Lipinski definition) is 1. The molecule has 116 valence electrons. The number of carbonyl (C=O) groups excluding carboxylic acids is 1. The zero-order valence-corrected chi connectivity index (χ0v) is 13.4. The predicted molar refractivity (Wildman–Crippen MR) is 88.1 cm³/mol. The highest BCUT2D eigenvalue weighted by atomic mass is 32.1. The molecule has 1 aliphatic carbocycles. The van der Waals surface area contributed by atoms with Crippen molar-refractivity contribution in [2.24, 2.45) is 0 Å². The van der Waals surface area contributed by atoms with Crippen LogP contribution in [0.25, 0.3) is 0 Å². The van der Waals surface area contributed by atoms with E-state index in [2.05, 4.69) is 16.8 Å². The van der Waals surface area contributed by atoms with Crippen LogP contribution in [0.5, 0.6) is 5.75 Å². The molecule has 22 heavy (non-hydrogen) atoms. The summed E-state index contributed by atoms with van der Waals surface area (Å²) in [5, 5.41) is 5.07. The molecule has 1 heterocycles. The number of benzene rings is 1. The molecule has 3 rings (SSSR count). The Morgan fingerprint density at radius 3 is 2.68 bits per heavy atom. The van der Waals surface area contributed by atoms with E-state index in [0.29, 0.717) is 19.1 Å². The summed E-state index contributed by atoms with van der Waals surface area (Å²) in [5.74, 6) is 0.826. The molecule has 1 aromatic heterocycles. The van der Waals surface area contributed by atoms with Gasteiger partial charge in [-0.15, -0.1) is 11.3 Å². The number of thiophene rings is 1. The first-order valence-corrected chi connectivity index (χ1v) is 8.34. The lowest BCUT2D eigenvalue weighted by Crippen LogP contribution is -2.40. The maximum atomic E-state index is 12.4. The highest BCUT2D eigenvalue weighted by molar-refractivity contribution is 7.09. The molecule has 0 saturated heterocycles. The van der Waals surface area contributed by atoms with Gasteiger partial charge >= 0.3 is 6.03 Å². The molecule has 2 aromatic rings. The van der Waals surface area contributed by atoms with Crippen LogP contribution in [0.4, 0.5) is 4.79 Å². The zero-order chi connectivity index (χ0) is 15.4. The van der Waals surface area contributed by atoms with Gasteiger partial charge in [0.05, 0.1) is 13.7 Å². The van der Waals surface area contributed by atoms with Crippen molar-refractivity contribution < 1.29 is 9.53 Å². The van der Waals surface area contributed by atoms with Crippen LogP contribution in [-0.4, -0.2) is 24.1 Å². The predicted octanol–water partition coefficient (Wildman–Crippen LogP) is 3.63. The molecule has 0 radical (unpaired) electrons. The van der Waals surface area contributed by atoms with Crippen LogP contribution in [0.2, 0.25) is 0 Å². The van der Waals surface area contributed by atoms with Gasteiger partial charge in [-0.3, -0.25) is 0 Å². The average molecular weight is 316 g/mol. The largest absolute Gasteiger partial charge is 0.497 e. The molecule has 1 aromatic carbocycles. The van der Waals surface area contributed by atoms with Crippen molar-refractivity contribution >= 4 is 17.4 Å². The molecule has 2 amide bonds. The molecule has 1 aliphatic rings. The van der Waals surface area contributed by atoms with Crippen LogP contribution >= 0.6 is 11.3 Å². The number of ether oxygens (including phenoxy) is 1. The minimum absolute atomic E-state index is 0.0201. The van der Waals surface area contributed by atoms with Gasteiger partial charge in [0.15, 0.2) is 0 Å². The fourth-order valence-electron chi connectivity index (χ4n) is 2.35. The van der Waals surface area contributed by atoms with Crippen molar-refractivity contribution in [2.75, 3.05) is 7.11 Å². The standard InChI is InChI=1S/C17H20N2O2S/c1-21-15-8-4-13(5-9-15)11-18-17(20)19(14-6-7-14)12-16-3-2-10-22-16/h2-5,8-10,14H,6-7,11-12H2,1H3,(H,18,20). The number of carbonyl (C=O) groups is 1. The third-order valence-corrected chi connectivity index (χ3v) is 4.62. The first-order chi connectivity index (χ1) is 10.8. The number of rotatable bonds is 6. The highest BCUT2D eigenvalue weighted by Gasteiger charge is 2.32. The normalized spacial score (nSPS) is 13.7. The summed E-state index contributed by atoms with van der Waals surface area (Å²) in [6.07, 6.45) is 2.22. The van der Waals surface area contributed by atoms with E-state index in [1.807, 2.05) is 35.2 Å². The van der Waals surface area contributed by atoms with Gasteiger partial charge in [-0.05, 0) is 42.0 Å². The van der Waals surface area contributed by atoms with Crippen molar-refractivity contribution in [1.29, 1.82) is 0 Å². The molecule has 0 unspecified atom stereocenters. The van der Waals surface area contributed by atoms with E-state index < -0.39 is 0 Å². The van der Waals surface area contributed by atoms with Gasteiger partial charge in [0, 0.05) is 17.5 Å². The molecule has 0 atom stereocenters. The molecule has 4 nitrogen and oxygen atoms in total. The number of nitrogens with one attached hydrogen (secondary N) is 1. The summed E-state index contributed by atoms with van der Waals surface area (Å²) in [6, 6.07) is 12.3. The van der Waals surface area contributed by atoms with E-state index in [1.54, 1.807) is 18.4 Å². The van der Waals surface area contributed by atoms with E-state index in [9.17, 15) is 4.79 Å². The smallest absolute Gasteiger partial charge is 0.318 e. The number of hydrogen-bond acceptors (Lipinski definition) is 3. The molecular formula is C17H20N2O2S. The third kappa shape index (κ3) is 3.80. The molecule has 0 bridgehead atoms. The van der Waals surface area contributed by atoms with Gasteiger partial charge in [-0.2, -0.15) is 0 Å². The second-order valence-electron chi connectivity index (χ2n) is 5.45. The van der Waals surface area contributed by atoms with Crippen molar-refractivity contribution in [3.63, 3.8) is 0 Å². The van der Waals surface area contributed by atoms with Crippen molar-refractivity contribution in [2.45, 2.75) is 32.0 Å². The number of urea groups is 1. The van der Waals surface area contributed by atoms with Gasteiger partial charge in [-0.25, -0.2) is 4.79 Å². The zero-order valence-electron chi connectivity index (χ0n) is 12.6. The van der Waals surface area contributed by atoms with Crippen LogP contribution < -0.4 is 10.1 Å². The second-order valence-corrected chi connectivity index (χ2v) is 6.48. The minimum atomic E-state index is 0.0201. The van der Waals surface area contributed by atoms with Gasteiger partial charge in [0.1, 0.15) is 5.75 Å². The summed E-state index contributed by atoms with van der Waals surface area (Å²) in [4.78, 5) is 15.6. The maximum absolute atomic E-state index is 12.4. The Balaban J connectivity index is 1.56. The number of nitrogens with zero attached hydrogens (tertiary/aromatic N) is 1. The lowest BCUT2D eigenvalue weighted by Gasteiger charge is -2.22. The Labute approximate surface area is 134 Å². The van der Waals surface area contributed by atoms with Crippen LogP contribution in [0.1, 0.15) is 23.3 Å². The lowest BCUT2D eigenvalue weighted by molar-refractivity contribution is 0.192. The SMILES string of the molecule is COc1ccc(CNC(=O)N(Cc2cccs2)C2CC2)cc1. The van der Waals surface area contributed by atoms with E-state index in [4.69, 9.17) is 4.74 Å². The van der Waals surface area contributed by atoms with E-state index in [0.717, 1.165) is 24.2 Å². The Morgan fingerprint density at radius 1 is 1.32 bits per heavy atom. The lowest BCUT2D eigenvalue weighted by atomic mass is 10.2. The van der Waals surface area contributed by atoms with Crippen LogP contribution in [-0.2, 0) is 13.1 Å². The third-order valence-electron chi connectivity index (χ3n) is 3.76. The highest BCUT2D eigenvalue weighted by Crippen LogP contribution is 2.29. The average Bonchev–Trinajstić information content (AvgIpc) is 3.27. The van der Waals surface area contributed by atoms with Crippen LogP contribution in [0.3, 0.4) is 0 Å². The topological polar surface area (TPSA) is 41.6 Å². The van der Waals surface area contributed by atoms with E-state index in [-0.39, 0.29) is 6.03 Å². The van der Waals surface area contributed by atoms with Gasteiger partial charge in [0.25, 0.3) is 0 Å². The number of methoxy groups -OCH3 is 1. The first-order valence-electron chi connectivity index (χ1n) is 7.46. The van der Waals surface area contributed by atoms with Gasteiger partial charge in [0.2, 0.25) is 0 Å². The van der Waals surface area contributed by atoms with Gasteiger partial charge in [-0.1, -0.05) is 18.2 Å². The monoisotopic (exact) mass is 316 g/mol. The summed E-state index contributed by atoms with van der Waals surface area (Å²) in [7, 11) is 1.65. The molecule has 5 heteroatoms. The first kappa shape index (κ1) is 14.9. The Morgan fingerprint density at radius 2 is 2.09 bits per heavy atom. The Bertz CT molecular complexity index is 606. The molecule has 1 fully saturated rings. The van der Waals surface area contributed by atoms with E-state index in [1.165, 1.54) is 4.88 Å². The van der Waals surface area contributed by atoms with E-state index >= 15 is 0 Å². The number of amides is 2. The minimum Gasteiger partial charge on any atom is -0.497 e. The fourth-order valence-corrected chi connectivity index (χ4v) is 3.05. The summed E-state index contributed by atoms with van der Waals surface area (Å²) in [6.45, 7) is 1.24. The maximum Gasteiger partial charge on any atom is 0.318 e. The molecule has 1 saturated carbocycles. The van der Waals surface area contributed by atoms with Crippen molar-refractivity contribution in [3.05, 3.63) is 52.2 Å². The van der Waals surface area contributed by atoms with Crippen molar-refractivity contribution in [1.82, 2.24) is 10.2 Å². The van der Waals surface area contributed by atoms with Gasteiger partial charge < -0.3 is 15.0 Å². The fraction of sp³-hybridized carbons (Fsp3) is 0.353. The second kappa shape index (κ2) is 6.83. The summed E-state index contributed by atoms with van der Waals surface area (Å²) < 4.78 is 5.14. The molecular weight excluding hydrogens is 296 g/mol. The molecule has 0 spiro atoms. The quantitative estimate of drug-likeness (QED) is 0.884. The molecule has 0 aliphatic heterocycles. The van der Waals surface area contributed by atoms with Crippen LogP contribution in [0, 0.1) is 0 Å².